The van der Waals surface area contributed by atoms with Gasteiger partial charge in [-0.25, -0.2) is 0 Å². The Bertz CT molecular complexity index is 363. The molecule has 0 fully saturated rings. The summed E-state index contributed by atoms with van der Waals surface area (Å²) >= 11 is 5.80. The number of carbonyl (C=O) groups excluding carboxylic acids is 1. The average molecular weight is 259 g/mol. The van der Waals surface area contributed by atoms with Crippen molar-refractivity contribution in [2.24, 2.45) is 0 Å². The van der Waals surface area contributed by atoms with E-state index in [-0.39, 0.29) is 11.1 Å². The molecular weight excluding hydrogens is 240 g/mol. The second-order valence-corrected chi connectivity index (χ2v) is 4.49. The summed E-state index contributed by atoms with van der Waals surface area (Å²) in [5.74, 6) is -0.0648. The van der Waals surface area contributed by atoms with Gasteiger partial charge in [-0.05, 0) is 51.7 Å². The van der Waals surface area contributed by atoms with Gasteiger partial charge in [-0.15, -0.1) is 0 Å². The Hall–Kier alpha value is -1.00. The van der Waals surface area contributed by atoms with Gasteiger partial charge in [-0.1, -0.05) is 0 Å². The van der Waals surface area contributed by atoms with Crippen LogP contribution in [0.4, 0.5) is 0 Å². The molecule has 0 bridgehead atoms. The summed E-state index contributed by atoms with van der Waals surface area (Å²) in [4.78, 5) is 16.0. The lowest BCUT2D eigenvalue weighted by molar-refractivity contribution is 0.0759. The predicted octanol–water partition coefficient (Wildman–Crippen LogP) is 2.35. The van der Waals surface area contributed by atoms with Crippen LogP contribution in [0.15, 0.2) is 16.7 Å². The molecule has 1 aromatic heterocycles. The van der Waals surface area contributed by atoms with Crippen molar-refractivity contribution in [3.05, 3.63) is 23.1 Å². The van der Waals surface area contributed by atoms with Crippen molar-refractivity contribution in [3.8, 4) is 0 Å². The van der Waals surface area contributed by atoms with E-state index in [1.54, 1.807) is 11.0 Å². The van der Waals surface area contributed by atoms with E-state index in [0.29, 0.717) is 12.1 Å². The lowest BCUT2D eigenvalue weighted by Crippen LogP contribution is -2.33. The highest BCUT2D eigenvalue weighted by Crippen LogP contribution is 2.18. The first kappa shape index (κ1) is 14.1. The van der Waals surface area contributed by atoms with Crippen LogP contribution in [-0.4, -0.2) is 49.4 Å². The molecule has 1 heterocycles. The van der Waals surface area contributed by atoms with E-state index < -0.39 is 0 Å². The Kier molecular flexibility index (Phi) is 5.51. The number of hydrogen-bond acceptors (Lipinski definition) is 3. The molecule has 0 aromatic carbocycles. The molecule has 96 valence electrons. The maximum atomic E-state index is 12.1. The zero-order chi connectivity index (χ0) is 12.8. The van der Waals surface area contributed by atoms with Gasteiger partial charge in [0.15, 0.2) is 0 Å². The minimum absolute atomic E-state index is 0.0648. The van der Waals surface area contributed by atoms with Crippen LogP contribution in [0, 0.1) is 0 Å². The largest absolute Gasteiger partial charge is 0.452 e. The Morgan fingerprint density at radius 3 is 2.59 bits per heavy atom. The molecule has 0 aliphatic rings. The summed E-state index contributed by atoms with van der Waals surface area (Å²) in [7, 11) is 4.04. The summed E-state index contributed by atoms with van der Waals surface area (Å²) in [6, 6.07) is 1.61. The highest BCUT2D eigenvalue weighted by atomic mass is 35.5. The van der Waals surface area contributed by atoms with Gasteiger partial charge in [0.25, 0.3) is 5.91 Å². The fourth-order valence-electron chi connectivity index (χ4n) is 1.60. The molecular formula is C12H19ClN2O2. The van der Waals surface area contributed by atoms with E-state index in [4.69, 9.17) is 16.0 Å². The fraction of sp³-hybridized carbons (Fsp3) is 0.583. The van der Waals surface area contributed by atoms with Crippen LogP contribution in [0.5, 0.6) is 0 Å². The monoisotopic (exact) mass is 258 g/mol. The lowest BCUT2D eigenvalue weighted by Gasteiger charge is -2.21. The minimum Gasteiger partial charge on any atom is -0.452 e. The minimum atomic E-state index is -0.0648. The molecule has 4 nitrogen and oxygen atoms in total. The third kappa shape index (κ3) is 4.06. The molecule has 0 aliphatic carbocycles. The molecule has 0 atom stereocenters. The molecule has 17 heavy (non-hydrogen) atoms. The quantitative estimate of drug-likeness (QED) is 0.786. The van der Waals surface area contributed by atoms with Gasteiger partial charge in [0.1, 0.15) is 0 Å². The SMILES string of the molecule is CCN(CCCN(C)C)C(=O)c1ccoc1Cl. The molecule has 5 heteroatoms. The molecule has 0 aliphatic heterocycles. The third-order valence-electron chi connectivity index (χ3n) is 2.55. The zero-order valence-corrected chi connectivity index (χ0v) is 11.3. The van der Waals surface area contributed by atoms with Gasteiger partial charge in [0, 0.05) is 13.1 Å². The van der Waals surface area contributed by atoms with E-state index in [9.17, 15) is 4.79 Å². The van der Waals surface area contributed by atoms with Crippen LogP contribution < -0.4 is 0 Å². The van der Waals surface area contributed by atoms with E-state index in [0.717, 1.165) is 19.5 Å². The summed E-state index contributed by atoms with van der Waals surface area (Å²) in [5.41, 5.74) is 0.443. The molecule has 1 aromatic rings. The van der Waals surface area contributed by atoms with Crippen LogP contribution in [-0.2, 0) is 0 Å². The first-order valence-electron chi connectivity index (χ1n) is 5.73. The number of halogens is 1. The average Bonchev–Trinajstić information content (AvgIpc) is 2.69. The molecule has 0 unspecified atom stereocenters. The highest BCUT2D eigenvalue weighted by molar-refractivity contribution is 6.32. The van der Waals surface area contributed by atoms with E-state index in [1.807, 2.05) is 21.0 Å². The third-order valence-corrected chi connectivity index (χ3v) is 2.84. The topological polar surface area (TPSA) is 36.7 Å². The van der Waals surface area contributed by atoms with E-state index >= 15 is 0 Å². The van der Waals surface area contributed by atoms with Gasteiger partial charge >= 0.3 is 0 Å². The van der Waals surface area contributed by atoms with E-state index in [1.165, 1.54) is 6.26 Å². The predicted molar refractivity (Wildman–Crippen MR) is 68.5 cm³/mol. The van der Waals surface area contributed by atoms with Crippen molar-refractivity contribution in [2.75, 3.05) is 33.7 Å². The van der Waals surface area contributed by atoms with Crippen LogP contribution in [0.25, 0.3) is 0 Å². The Balaban J connectivity index is 2.56. The summed E-state index contributed by atoms with van der Waals surface area (Å²) in [5, 5.41) is 0.168. The number of nitrogens with zero attached hydrogens (tertiary/aromatic N) is 2. The Labute approximate surface area is 107 Å². The smallest absolute Gasteiger partial charge is 0.258 e. The highest BCUT2D eigenvalue weighted by Gasteiger charge is 2.18. The summed E-state index contributed by atoms with van der Waals surface area (Å²) in [6.45, 7) is 4.33. The number of carbonyl (C=O) groups is 1. The van der Waals surface area contributed by atoms with Crippen LogP contribution in [0.2, 0.25) is 5.22 Å². The Morgan fingerprint density at radius 2 is 2.12 bits per heavy atom. The fourth-order valence-corrected chi connectivity index (χ4v) is 1.79. The van der Waals surface area contributed by atoms with Gasteiger partial charge in [0.05, 0.1) is 11.8 Å². The maximum absolute atomic E-state index is 12.1. The van der Waals surface area contributed by atoms with Gasteiger partial charge in [-0.3, -0.25) is 4.79 Å². The summed E-state index contributed by atoms with van der Waals surface area (Å²) < 4.78 is 4.93. The normalized spacial score (nSPS) is 10.9. The van der Waals surface area contributed by atoms with Crippen LogP contribution in [0.1, 0.15) is 23.7 Å². The lowest BCUT2D eigenvalue weighted by atomic mass is 10.2. The van der Waals surface area contributed by atoms with Crippen molar-refractivity contribution in [3.63, 3.8) is 0 Å². The van der Waals surface area contributed by atoms with E-state index in [2.05, 4.69) is 4.90 Å². The molecule has 1 rings (SSSR count). The number of amides is 1. The van der Waals surface area contributed by atoms with Crippen molar-refractivity contribution in [2.45, 2.75) is 13.3 Å². The van der Waals surface area contributed by atoms with Crippen molar-refractivity contribution in [1.82, 2.24) is 9.80 Å². The second kappa shape index (κ2) is 6.67. The van der Waals surface area contributed by atoms with Gasteiger partial charge in [0.2, 0.25) is 5.22 Å². The van der Waals surface area contributed by atoms with Crippen molar-refractivity contribution in [1.29, 1.82) is 0 Å². The molecule has 1 amide bonds. The van der Waals surface area contributed by atoms with Crippen molar-refractivity contribution >= 4 is 17.5 Å². The summed E-state index contributed by atoms with van der Waals surface area (Å²) in [6.07, 6.45) is 2.38. The number of furan rings is 1. The molecule has 0 N–H and O–H groups in total. The number of hydrogen-bond donors (Lipinski definition) is 0. The van der Waals surface area contributed by atoms with Gasteiger partial charge in [-0.2, -0.15) is 0 Å². The van der Waals surface area contributed by atoms with Crippen molar-refractivity contribution < 1.29 is 9.21 Å². The maximum Gasteiger partial charge on any atom is 0.258 e. The van der Waals surface area contributed by atoms with Crippen LogP contribution >= 0.6 is 11.6 Å². The Morgan fingerprint density at radius 1 is 1.41 bits per heavy atom. The molecule has 0 radical (unpaired) electrons. The zero-order valence-electron chi connectivity index (χ0n) is 10.6. The second-order valence-electron chi connectivity index (χ2n) is 4.15. The molecule has 0 saturated carbocycles. The molecule has 0 saturated heterocycles. The van der Waals surface area contributed by atoms with Crippen LogP contribution in [0.3, 0.4) is 0 Å². The number of rotatable bonds is 6. The van der Waals surface area contributed by atoms with Gasteiger partial charge < -0.3 is 14.2 Å². The first-order chi connectivity index (χ1) is 8.06. The standard InChI is InChI=1S/C12H19ClN2O2/c1-4-15(8-5-7-14(2)3)12(16)10-6-9-17-11(10)13/h6,9H,4-5,7-8H2,1-3H3. The first-order valence-corrected chi connectivity index (χ1v) is 6.11. The molecule has 0 spiro atoms.